The maximum atomic E-state index is 4.48. The summed E-state index contributed by atoms with van der Waals surface area (Å²) in [5, 5.41) is 12.9. The molecule has 0 radical (unpaired) electrons. The lowest BCUT2D eigenvalue weighted by Crippen LogP contribution is -3.13. The van der Waals surface area contributed by atoms with Crippen LogP contribution in [0.25, 0.3) is 0 Å². The molecule has 1 aliphatic heterocycles. The van der Waals surface area contributed by atoms with Crippen LogP contribution in [0.15, 0.2) is 60.7 Å². The lowest BCUT2D eigenvalue weighted by molar-refractivity contribution is -0.932. The van der Waals surface area contributed by atoms with E-state index in [2.05, 4.69) is 83.1 Å². The number of aromatic nitrogens is 4. The zero-order valence-electron chi connectivity index (χ0n) is 16.0. The quantitative estimate of drug-likeness (QED) is 0.732. The SMILES string of the molecule is CC1CC[NH+]([C@@H](c2ccccc2)c2nnnn2CCc2ccccc2)CC1. The van der Waals surface area contributed by atoms with Gasteiger partial charge in [0.25, 0.3) is 0 Å². The summed E-state index contributed by atoms with van der Waals surface area (Å²) >= 11 is 0. The number of nitrogens with one attached hydrogen (secondary N) is 1. The summed E-state index contributed by atoms with van der Waals surface area (Å²) in [6.45, 7) is 5.51. The third-order valence-corrected chi connectivity index (χ3v) is 5.73. The van der Waals surface area contributed by atoms with Crippen molar-refractivity contribution in [3.8, 4) is 0 Å². The van der Waals surface area contributed by atoms with E-state index < -0.39 is 0 Å². The molecule has 3 aromatic rings. The lowest BCUT2D eigenvalue weighted by Gasteiger charge is -2.33. The number of hydrogen-bond donors (Lipinski definition) is 1. The van der Waals surface area contributed by atoms with Crippen molar-refractivity contribution >= 4 is 0 Å². The average Bonchev–Trinajstić information content (AvgIpc) is 3.18. The Balaban J connectivity index is 1.60. The molecule has 1 atom stereocenters. The standard InChI is InChI=1S/C22H27N5/c1-18-12-15-26(16-13-18)21(20-10-6-3-7-11-20)22-23-24-25-27(22)17-14-19-8-4-2-5-9-19/h2-11,18,21H,12-17H2,1H3/p+1/t21-/m0/s1. The Labute approximate surface area is 161 Å². The van der Waals surface area contributed by atoms with Gasteiger partial charge in [-0.15, -0.1) is 5.10 Å². The minimum absolute atomic E-state index is 0.199. The number of piperidine rings is 1. The Morgan fingerprint density at radius 3 is 2.37 bits per heavy atom. The summed E-state index contributed by atoms with van der Waals surface area (Å²) in [6, 6.07) is 21.5. The third-order valence-electron chi connectivity index (χ3n) is 5.73. The molecule has 1 N–H and O–H groups in total. The van der Waals surface area contributed by atoms with Gasteiger partial charge in [0.05, 0.1) is 13.1 Å². The first-order valence-electron chi connectivity index (χ1n) is 10.0. The van der Waals surface area contributed by atoms with Crippen molar-refractivity contribution in [1.82, 2.24) is 20.2 Å². The fourth-order valence-electron chi connectivity index (χ4n) is 4.09. The summed E-state index contributed by atoms with van der Waals surface area (Å²) in [4.78, 5) is 1.58. The van der Waals surface area contributed by atoms with Crippen LogP contribution in [0.1, 0.15) is 42.8 Å². The number of nitrogens with zero attached hydrogens (tertiary/aromatic N) is 4. The van der Waals surface area contributed by atoms with E-state index >= 15 is 0 Å². The highest BCUT2D eigenvalue weighted by Gasteiger charge is 2.33. The van der Waals surface area contributed by atoms with E-state index in [1.54, 1.807) is 4.90 Å². The van der Waals surface area contributed by atoms with Gasteiger partial charge in [-0.25, -0.2) is 4.68 Å². The van der Waals surface area contributed by atoms with E-state index in [4.69, 9.17) is 0 Å². The van der Waals surface area contributed by atoms with E-state index in [0.29, 0.717) is 0 Å². The van der Waals surface area contributed by atoms with Crippen LogP contribution in [0.4, 0.5) is 0 Å². The first-order chi connectivity index (χ1) is 13.3. The van der Waals surface area contributed by atoms with Gasteiger partial charge in [0.1, 0.15) is 0 Å². The van der Waals surface area contributed by atoms with Crippen LogP contribution in [0.2, 0.25) is 0 Å². The maximum absolute atomic E-state index is 4.48. The number of rotatable bonds is 6. The molecule has 5 nitrogen and oxygen atoms in total. The summed E-state index contributed by atoms with van der Waals surface area (Å²) < 4.78 is 2.01. The smallest absolute Gasteiger partial charge is 0.214 e. The highest BCUT2D eigenvalue weighted by atomic mass is 15.5. The Kier molecular flexibility index (Phi) is 5.58. The molecule has 5 heteroatoms. The molecule has 27 heavy (non-hydrogen) atoms. The van der Waals surface area contributed by atoms with E-state index in [1.807, 2.05) is 4.68 Å². The van der Waals surface area contributed by atoms with Gasteiger partial charge < -0.3 is 4.90 Å². The zero-order chi connectivity index (χ0) is 18.5. The second kappa shape index (κ2) is 8.44. The predicted molar refractivity (Wildman–Crippen MR) is 105 cm³/mol. The lowest BCUT2D eigenvalue weighted by atomic mass is 9.95. The van der Waals surface area contributed by atoms with Crippen molar-refractivity contribution in [2.75, 3.05) is 13.1 Å². The summed E-state index contributed by atoms with van der Waals surface area (Å²) in [5.41, 5.74) is 2.62. The highest BCUT2D eigenvalue weighted by molar-refractivity contribution is 5.22. The van der Waals surface area contributed by atoms with E-state index in [1.165, 1.54) is 37.1 Å². The molecule has 1 aliphatic rings. The summed E-state index contributed by atoms with van der Waals surface area (Å²) in [6.07, 6.45) is 3.47. The minimum Gasteiger partial charge on any atom is -0.322 e. The van der Waals surface area contributed by atoms with Crippen LogP contribution >= 0.6 is 0 Å². The molecule has 0 bridgehead atoms. The van der Waals surface area contributed by atoms with Crippen molar-refractivity contribution in [3.63, 3.8) is 0 Å². The molecule has 1 saturated heterocycles. The van der Waals surface area contributed by atoms with Crippen molar-refractivity contribution < 1.29 is 4.90 Å². The topological polar surface area (TPSA) is 48.0 Å². The third kappa shape index (κ3) is 4.25. The Hall–Kier alpha value is -2.53. The minimum atomic E-state index is 0.199. The predicted octanol–water partition coefficient (Wildman–Crippen LogP) is 2.32. The first-order valence-corrected chi connectivity index (χ1v) is 10.0. The van der Waals surface area contributed by atoms with E-state index in [0.717, 1.165) is 24.7 Å². The fourth-order valence-corrected chi connectivity index (χ4v) is 4.09. The number of benzene rings is 2. The second-order valence-corrected chi connectivity index (χ2v) is 7.68. The molecule has 2 heterocycles. The molecule has 1 fully saturated rings. The highest BCUT2D eigenvalue weighted by Crippen LogP contribution is 2.19. The Morgan fingerprint density at radius 1 is 1.00 bits per heavy atom. The molecule has 0 amide bonds. The van der Waals surface area contributed by atoms with Crippen molar-refractivity contribution in [2.45, 2.75) is 38.8 Å². The van der Waals surface area contributed by atoms with Gasteiger partial charge in [-0.1, -0.05) is 67.6 Å². The summed E-state index contributed by atoms with van der Waals surface area (Å²) in [5.74, 6) is 1.81. The molecule has 140 valence electrons. The van der Waals surface area contributed by atoms with Crippen molar-refractivity contribution in [3.05, 3.63) is 77.6 Å². The number of hydrogen-bond acceptors (Lipinski definition) is 3. The average molecular weight is 363 g/mol. The van der Waals surface area contributed by atoms with Gasteiger partial charge in [0.2, 0.25) is 5.82 Å². The van der Waals surface area contributed by atoms with Gasteiger partial charge in [-0.05, 0) is 41.2 Å². The van der Waals surface area contributed by atoms with Crippen molar-refractivity contribution in [1.29, 1.82) is 0 Å². The number of tetrazole rings is 1. The molecule has 0 unspecified atom stereocenters. The van der Waals surface area contributed by atoms with Crippen LogP contribution in [-0.4, -0.2) is 33.3 Å². The normalized spacial score (nSPS) is 21.1. The number of aryl methyl sites for hydroxylation is 2. The first kappa shape index (κ1) is 17.9. The van der Waals surface area contributed by atoms with E-state index in [9.17, 15) is 0 Å². The summed E-state index contributed by atoms with van der Waals surface area (Å²) in [7, 11) is 0. The molecule has 4 rings (SSSR count). The monoisotopic (exact) mass is 362 g/mol. The van der Waals surface area contributed by atoms with Crippen LogP contribution in [0.3, 0.4) is 0 Å². The van der Waals surface area contributed by atoms with Gasteiger partial charge in [-0.2, -0.15) is 0 Å². The van der Waals surface area contributed by atoms with Gasteiger partial charge in [-0.3, -0.25) is 0 Å². The van der Waals surface area contributed by atoms with Crippen LogP contribution in [0.5, 0.6) is 0 Å². The van der Waals surface area contributed by atoms with Crippen LogP contribution < -0.4 is 4.90 Å². The maximum Gasteiger partial charge on any atom is 0.214 e. The fraction of sp³-hybridized carbons (Fsp3) is 0.409. The van der Waals surface area contributed by atoms with Gasteiger partial charge >= 0.3 is 0 Å². The molecular formula is C22H28N5+. The van der Waals surface area contributed by atoms with E-state index in [-0.39, 0.29) is 6.04 Å². The molecule has 2 aromatic carbocycles. The molecule has 0 spiro atoms. The molecule has 1 aromatic heterocycles. The van der Waals surface area contributed by atoms with Crippen molar-refractivity contribution in [2.24, 2.45) is 5.92 Å². The Morgan fingerprint density at radius 2 is 1.67 bits per heavy atom. The van der Waals surface area contributed by atoms with Crippen LogP contribution in [0, 0.1) is 5.92 Å². The molecular weight excluding hydrogens is 334 g/mol. The second-order valence-electron chi connectivity index (χ2n) is 7.68. The largest absolute Gasteiger partial charge is 0.322 e. The molecule has 0 aliphatic carbocycles. The van der Waals surface area contributed by atoms with Gasteiger partial charge in [0.15, 0.2) is 6.04 Å². The molecule has 0 saturated carbocycles. The Bertz CT molecular complexity index is 822. The van der Waals surface area contributed by atoms with Gasteiger partial charge in [0, 0.05) is 12.1 Å². The zero-order valence-corrected chi connectivity index (χ0v) is 16.0. The number of likely N-dealkylation sites (tertiary alicyclic amines) is 1. The van der Waals surface area contributed by atoms with Crippen LogP contribution in [-0.2, 0) is 13.0 Å². The number of quaternary nitrogens is 1.